The van der Waals surface area contributed by atoms with Gasteiger partial charge < -0.3 is 9.32 Å². The maximum absolute atomic E-state index is 12.1. The van der Waals surface area contributed by atoms with E-state index in [9.17, 15) is 9.59 Å². The van der Waals surface area contributed by atoms with E-state index in [0.717, 1.165) is 45.4 Å². The number of para-hydroxylation sites is 1. The van der Waals surface area contributed by atoms with Gasteiger partial charge in [0, 0.05) is 54.2 Å². The summed E-state index contributed by atoms with van der Waals surface area (Å²) < 4.78 is 6.05. The van der Waals surface area contributed by atoms with Crippen molar-refractivity contribution < 1.29 is 14.0 Å². The van der Waals surface area contributed by atoms with Crippen LogP contribution in [0.2, 0.25) is 0 Å². The molecule has 8 heteroatoms. The molecule has 1 amide bonds. The first-order valence-corrected chi connectivity index (χ1v) is 10.7. The van der Waals surface area contributed by atoms with E-state index < -0.39 is 0 Å². The van der Waals surface area contributed by atoms with Crippen LogP contribution in [0.15, 0.2) is 47.0 Å². The van der Waals surface area contributed by atoms with E-state index >= 15 is 0 Å². The molecule has 3 aromatic rings. The number of amides is 1. The summed E-state index contributed by atoms with van der Waals surface area (Å²) in [6, 6.07) is 9.99. The molecule has 1 aliphatic rings. The topological polar surface area (TPSA) is 66.7 Å². The monoisotopic (exact) mass is 463 g/mol. The number of benzene rings is 1. The van der Waals surface area contributed by atoms with Gasteiger partial charge in [0.05, 0.1) is 6.54 Å². The van der Waals surface area contributed by atoms with Crippen molar-refractivity contribution in [2.24, 2.45) is 0 Å². The van der Waals surface area contributed by atoms with Crippen LogP contribution in [0.1, 0.15) is 28.9 Å². The Kier molecular flexibility index (Phi) is 7.92. The number of aryl methyl sites for hydroxylation is 2. The number of aldehydes is 1. The molecular formula is C23H26CaN3O3P. The van der Waals surface area contributed by atoms with Gasteiger partial charge in [0.15, 0.2) is 0 Å². The summed E-state index contributed by atoms with van der Waals surface area (Å²) in [5.74, 6) is 1.64. The molecule has 0 bridgehead atoms. The van der Waals surface area contributed by atoms with E-state index in [1.165, 1.54) is 0 Å². The minimum atomic E-state index is 0. The molecule has 0 fully saturated rings. The van der Waals surface area contributed by atoms with Crippen LogP contribution in [-0.2, 0) is 22.6 Å². The number of hydrogen-bond donors (Lipinski definition) is 0. The third kappa shape index (κ3) is 4.73. The van der Waals surface area contributed by atoms with Crippen molar-refractivity contribution in [3.05, 3.63) is 65.1 Å². The summed E-state index contributed by atoms with van der Waals surface area (Å²) in [6.07, 6.45) is 5.69. The molecule has 0 N–H and O–H groups in total. The number of anilines is 1. The number of pyridine rings is 1. The fraction of sp³-hybridized carbons (Fsp3) is 0.261. The van der Waals surface area contributed by atoms with Crippen molar-refractivity contribution in [1.29, 1.82) is 0 Å². The molecule has 0 spiro atoms. The number of rotatable bonds is 6. The van der Waals surface area contributed by atoms with Crippen molar-refractivity contribution in [1.82, 2.24) is 9.88 Å². The SMILES string of the molecule is Cc1c(CN(C)/C(=C/C=O)c2cnc3c(c2)CCC(=O)N3CP)oc2ccccc12.[CaH2]. The van der Waals surface area contributed by atoms with Gasteiger partial charge in [0.2, 0.25) is 5.91 Å². The molecule has 0 radical (unpaired) electrons. The van der Waals surface area contributed by atoms with Crippen LogP contribution in [0, 0.1) is 6.92 Å². The number of allylic oxidation sites excluding steroid dienone is 1. The number of fused-ring (bicyclic) bond motifs is 2. The van der Waals surface area contributed by atoms with E-state index in [0.29, 0.717) is 31.5 Å². The van der Waals surface area contributed by atoms with Crippen LogP contribution < -0.4 is 4.90 Å². The van der Waals surface area contributed by atoms with Crippen molar-refractivity contribution in [2.75, 3.05) is 18.2 Å². The molecule has 6 nitrogen and oxygen atoms in total. The first-order chi connectivity index (χ1) is 14.5. The van der Waals surface area contributed by atoms with Gasteiger partial charge in [-0.15, -0.1) is 9.24 Å². The first kappa shape index (κ1) is 23.9. The molecular weight excluding hydrogens is 437 g/mol. The average molecular weight is 464 g/mol. The van der Waals surface area contributed by atoms with Crippen LogP contribution >= 0.6 is 9.24 Å². The van der Waals surface area contributed by atoms with Crippen molar-refractivity contribution in [3.63, 3.8) is 0 Å². The van der Waals surface area contributed by atoms with Gasteiger partial charge in [-0.2, -0.15) is 0 Å². The maximum atomic E-state index is 12.1. The van der Waals surface area contributed by atoms with Crippen LogP contribution in [-0.4, -0.2) is 73.1 Å². The number of hydrogen-bond acceptors (Lipinski definition) is 5. The third-order valence-corrected chi connectivity index (χ3v) is 5.91. The zero-order valence-electron chi connectivity index (χ0n) is 17.1. The Morgan fingerprint density at radius 2 is 2.10 bits per heavy atom. The van der Waals surface area contributed by atoms with Crippen LogP contribution in [0.4, 0.5) is 5.82 Å². The Labute approximate surface area is 213 Å². The molecule has 1 unspecified atom stereocenters. The van der Waals surface area contributed by atoms with Crippen LogP contribution in [0.25, 0.3) is 16.7 Å². The third-order valence-electron chi connectivity index (χ3n) is 5.55. The number of aromatic nitrogens is 1. The molecule has 2 aromatic heterocycles. The predicted octanol–water partition coefficient (Wildman–Crippen LogP) is 3.00. The number of nitrogens with zero attached hydrogens (tertiary/aromatic N) is 3. The van der Waals surface area contributed by atoms with Gasteiger partial charge >= 0.3 is 37.7 Å². The molecule has 1 aliphatic heterocycles. The number of furan rings is 1. The van der Waals surface area contributed by atoms with Crippen molar-refractivity contribution >= 4 is 81.7 Å². The number of carbonyl (C=O) groups excluding carboxylic acids is 2. The Hall–Kier alpha value is -1.72. The van der Waals surface area contributed by atoms with Crippen molar-refractivity contribution in [3.8, 4) is 0 Å². The summed E-state index contributed by atoms with van der Waals surface area (Å²) in [6.45, 7) is 2.57. The Bertz CT molecular complexity index is 1160. The zero-order chi connectivity index (χ0) is 21.3. The standard InChI is InChI=1S/C23H24N3O3P.Ca.2H/c1-15-18-5-3-4-6-20(18)29-21(15)13-25(2)19(9-10-27)17-11-16-7-8-22(28)26(14-30)23(16)24-12-17;;;/h3-6,9-12H,7-8,13-14,30H2,1-2H3;;;/b19-9+;;;. The summed E-state index contributed by atoms with van der Waals surface area (Å²) in [4.78, 5) is 31.7. The van der Waals surface area contributed by atoms with E-state index in [2.05, 4.69) is 14.2 Å². The van der Waals surface area contributed by atoms with Crippen LogP contribution in [0.3, 0.4) is 0 Å². The Morgan fingerprint density at radius 3 is 2.81 bits per heavy atom. The van der Waals surface area contributed by atoms with Crippen molar-refractivity contribution in [2.45, 2.75) is 26.3 Å². The second-order valence-corrected chi connectivity index (χ2v) is 7.77. The predicted molar refractivity (Wildman–Crippen MR) is 130 cm³/mol. The molecule has 3 heterocycles. The van der Waals surface area contributed by atoms with E-state index in [1.54, 1.807) is 17.2 Å². The van der Waals surface area contributed by atoms with Gasteiger partial charge in [0.1, 0.15) is 23.4 Å². The Balaban J connectivity index is 0.00000272. The summed E-state index contributed by atoms with van der Waals surface area (Å²) in [7, 11) is 4.51. The van der Waals surface area contributed by atoms with Crippen LogP contribution in [0.5, 0.6) is 0 Å². The molecule has 1 atom stereocenters. The molecule has 0 saturated heterocycles. The van der Waals surface area contributed by atoms with Gasteiger partial charge in [-0.3, -0.25) is 14.5 Å². The van der Waals surface area contributed by atoms with Gasteiger partial charge in [-0.05, 0) is 31.0 Å². The average Bonchev–Trinajstić information content (AvgIpc) is 3.07. The molecule has 0 aliphatic carbocycles. The normalized spacial score (nSPS) is 13.7. The fourth-order valence-electron chi connectivity index (χ4n) is 3.94. The minimum absolute atomic E-state index is 0. The fourth-order valence-corrected chi connectivity index (χ4v) is 4.31. The quantitative estimate of drug-likeness (QED) is 0.243. The number of carbonyl (C=O) groups is 2. The molecule has 158 valence electrons. The zero-order valence-corrected chi connectivity index (χ0v) is 18.2. The van der Waals surface area contributed by atoms with E-state index in [-0.39, 0.29) is 43.6 Å². The van der Waals surface area contributed by atoms with Gasteiger partial charge in [-0.1, -0.05) is 18.2 Å². The molecule has 31 heavy (non-hydrogen) atoms. The van der Waals surface area contributed by atoms with Gasteiger partial charge in [0.25, 0.3) is 0 Å². The molecule has 1 aromatic carbocycles. The first-order valence-electron chi connectivity index (χ1n) is 9.86. The molecule has 0 saturated carbocycles. The summed E-state index contributed by atoms with van der Waals surface area (Å²) in [5.41, 5.74) is 4.57. The molecule has 4 rings (SSSR count). The second-order valence-electron chi connectivity index (χ2n) is 7.40. The Morgan fingerprint density at radius 1 is 1.32 bits per heavy atom. The van der Waals surface area contributed by atoms with E-state index in [4.69, 9.17) is 4.42 Å². The van der Waals surface area contributed by atoms with E-state index in [1.807, 2.05) is 49.2 Å². The van der Waals surface area contributed by atoms with Gasteiger partial charge in [-0.25, -0.2) is 4.98 Å². The summed E-state index contributed by atoms with van der Waals surface area (Å²) in [5, 5.41) is 1.10. The summed E-state index contributed by atoms with van der Waals surface area (Å²) >= 11 is 0. The second kappa shape index (κ2) is 10.3.